The average molecular weight is 290 g/mol. The molecule has 0 unspecified atom stereocenters. The van der Waals surface area contributed by atoms with E-state index in [4.69, 9.17) is 0 Å². The Morgan fingerprint density at radius 3 is 2.69 bits per heavy atom. The molecule has 1 rings (SSSR count). The Hall–Kier alpha value is -0.0500. The maximum Gasteiger partial charge on any atom is -0.0216 e. The molecule has 0 aromatic heterocycles. The summed E-state index contributed by atoms with van der Waals surface area (Å²) in [4.78, 5) is 0. The van der Waals surface area contributed by atoms with E-state index >= 15 is 0 Å². The fraction of sp³-hybridized carbons (Fsp3) is 0.500. The minimum Gasteiger partial charge on any atom is -0.132 e. The molecule has 0 aromatic rings. The van der Waals surface area contributed by atoms with Crippen LogP contribution in [-0.2, 0) is 0 Å². The molecule has 0 bridgehead atoms. The van der Waals surface area contributed by atoms with Crippen LogP contribution in [0.5, 0.6) is 0 Å². The van der Waals surface area contributed by atoms with Crippen LogP contribution in [0, 0.1) is 5.92 Å². The van der Waals surface area contributed by atoms with Crippen LogP contribution in [0.1, 0.15) is 33.6 Å². The van der Waals surface area contributed by atoms with E-state index in [0.717, 1.165) is 0 Å². The van der Waals surface area contributed by atoms with E-state index in [9.17, 15) is 0 Å². The van der Waals surface area contributed by atoms with E-state index in [1.807, 2.05) is 0 Å². The van der Waals surface area contributed by atoms with E-state index < -0.39 is 18.9 Å². The largest absolute Gasteiger partial charge is 0.132 e. The van der Waals surface area contributed by atoms with Gasteiger partial charge in [0.15, 0.2) is 0 Å². The zero-order valence-corrected chi connectivity index (χ0v) is 11.0. The Balaban J connectivity index is 3.03. The normalized spacial score (nSPS) is 18.2. The van der Waals surface area contributed by atoms with E-state index in [1.165, 1.54) is 12.8 Å². The minimum absolute atomic E-state index is 0.665. The number of halogens is 1. The van der Waals surface area contributed by atoms with Gasteiger partial charge in [-0.1, -0.05) is 37.8 Å². The molecule has 13 heavy (non-hydrogen) atoms. The predicted molar refractivity (Wildman–Crippen MR) is 73.1 cm³/mol. The summed E-state index contributed by atoms with van der Waals surface area (Å²) < 4.78 is 9.01. The Labute approximate surface area is 88.1 Å². The molecule has 1 aliphatic rings. The second-order valence-corrected chi connectivity index (χ2v) is 7.54. The van der Waals surface area contributed by atoms with E-state index in [1.54, 1.807) is 11.1 Å². The lowest BCUT2D eigenvalue weighted by Crippen LogP contribution is -2.00. The van der Waals surface area contributed by atoms with Gasteiger partial charge in [0, 0.05) is 0 Å². The predicted octanol–water partition coefficient (Wildman–Crippen LogP) is 4.01. The van der Waals surface area contributed by atoms with Gasteiger partial charge in [0.1, 0.15) is 0 Å². The summed E-state index contributed by atoms with van der Waals surface area (Å²) in [5, 5.41) is 0. The first-order valence-electron chi connectivity index (χ1n) is 4.87. The summed E-state index contributed by atoms with van der Waals surface area (Å²) in [6, 6.07) is 0. The fourth-order valence-corrected chi connectivity index (χ4v) is 4.25. The summed E-state index contributed by atoms with van der Waals surface area (Å²) in [7, 11) is 0. The van der Waals surface area contributed by atoms with Crippen LogP contribution in [0.4, 0.5) is 0 Å². The Bertz CT molecular complexity index is 310. The molecular weight excluding hydrogens is 271 g/mol. The van der Waals surface area contributed by atoms with Crippen molar-refractivity contribution in [1.29, 1.82) is 0 Å². The molecule has 0 nitrogen and oxygen atoms in total. The van der Waals surface area contributed by atoms with E-state index in [-0.39, 0.29) is 0 Å². The summed E-state index contributed by atoms with van der Waals surface area (Å²) in [5.74, 6) is 0.665. The smallest absolute Gasteiger partial charge is 0.0216 e. The molecule has 0 amide bonds. The van der Waals surface area contributed by atoms with Gasteiger partial charge in [0.05, 0.1) is 0 Å². The summed E-state index contributed by atoms with van der Waals surface area (Å²) in [5.41, 5.74) is 3.12. The van der Waals surface area contributed by atoms with Crippen molar-refractivity contribution in [2.24, 2.45) is 5.92 Å². The molecule has 0 aliphatic carbocycles. The molecule has 1 heterocycles. The van der Waals surface area contributed by atoms with Gasteiger partial charge in [0.25, 0.3) is 0 Å². The van der Waals surface area contributed by atoms with Crippen LogP contribution < -0.4 is 0 Å². The highest BCUT2D eigenvalue weighted by Gasteiger charge is 2.07. The van der Waals surface area contributed by atoms with Crippen molar-refractivity contribution in [2.75, 3.05) is 0 Å². The summed E-state index contributed by atoms with van der Waals surface area (Å²) in [6.45, 7) is 6.80. The topological polar surface area (TPSA) is 0 Å². The number of allylic oxidation sites excluding steroid dienone is 3. The SMILES string of the molecule is C=I1=CC(CCC)=C(C(C)C)C=C1. The summed E-state index contributed by atoms with van der Waals surface area (Å²) in [6.07, 6.45) is 4.81. The lowest BCUT2D eigenvalue weighted by molar-refractivity contribution is 0.773. The van der Waals surface area contributed by atoms with Crippen molar-refractivity contribution in [3.05, 3.63) is 21.3 Å². The molecule has 0 saturated carbocycles. The third kappa shape index (κ3) is 2.97. The maximum atomic E-state index is 4.20. The van der Waals surface area contributed by atoms with Gasteiger partial charge in [-0.05, 0) is 31.6 Å². The molecule has 0 radical (unpaired) electrons. The monoisotopic (exact) mass is 290 g/mol. The van der Waals surface area contributed by atoms with Gasteiger partial charge in [0.2, 0.25) is 0 Å². The second kappa shape index (κ2) is 4.99. The average Bonchev–Trinajstić information content (AvgIpc) is 2.04. The van der Waals surface area contributed by atoms with Crippen molar-refractivity contribution in [3.8, 4) is 0 Å². The first kappa shape index (κ1) is 11.0. The van der Waals surface area contributed by atoms with Crippen LogP contribution in [0.25, 0.3) is 0 Å². The minimum atomic E-state index is -1.04. The van der Waals surface area contributed by atoms with Crippen LogP contribution in [0.3, 0.4) is 0 Å². The van der Waals surface area contributed by atoms with Gasteiger partial charge < -0.3 is 0 Å². The molecule has 0 saturated heterocycles. The summed E-state index contributed by atoms with van der Waals surface area (Å²) >= 11 is -1.04. The van der Waals surface area contributed by atoms with Gasteiger partial charge in [-0.3, -0.25) is 0 Å². The standard InChI is InChI=1S/C12H19I/c1-5-6-11-9-13(4)8-7-12(11)10(2)3/h7-10H,4-6H2,1-3H3. The number of hydrogen-bond donors (Lipinski definition) is 0. The van der Waals surface area contributed by atoms with Gasteiger partial charge in [-0.25, -0.2) is 0 Å². The fourth-order valence-electron chi connectivity index (χ4n) is 1.56. The molecule has 0 N–H and O–H groups in total. The highest BCUT2D eigenvalue weighted by atomic mass is 127. The van der Waals surface area contributed by atoms with Gasteiger partial charge >= 0.3 is 0 Å². The lowest BCUT2D eigenvalue weighted by atomic mass is 9.96. The third-order valence-electron chi connectivity index (χ3n) is 2.19. The van der Waals surface area contributed by atoms with Crippen LogP contribution in [0.15, 0.2) is 21.3 Å². The van der Waals surface area contributed by atoms with E-state index in [2.05, 4.69) is 39.5 Å². The highest BCUT2D eigenvalue weighted by molar-refractivity contribution is 14.2. The molecule has 0 fully saturated rings. The van der Waals surface area contributed by atoms with Crippen molar-refractivity contribution < 1.29 is 0 Å². The zero-order valence-electron chi connectivity index (χ0n) is 8.81. The van der Waals surface area contributed by atoms with Crippen molar-refractivity contribution in [1.82, 2.24) is 0 Å². The van der Waals surface area contributed by atoms with Gasteiger partial charge in [-0.2, -0.15) is 0 Å². The molecule has 1 aliphatic heterocycles. The Morgan fingerprint density at radius 2 is 2.15 bits per heavy atom. The van der Waals surface area contributed by atoms with Gasteiger partial charge in [-0.15, -0.1) is 18.9 Å². The Kier molecular flexibility index (Phi) is 4.23. The van der Waals surface area contributed by atoms with Crippen LogP contribution in [0.2, 0.25) is 0 Å². The molecular formula is C12H19I. The second-order valence-electron chi connectivity index (χ2n) is 3.72. The van der Waals surface area contributed by atoms with E-state index in [0.29, 0.717) is 5.92 Å². The molecule has 0 atom stereocenters. The van der Waals surface area contributed by atoms with Crippen LogP contribution >= 0.6 is 18.9 Å². The number of hydrogen-bond acceptors (Lipinski definition) is 0. The third-order valence-corrected chi connectivity index (χ3v) is 5.02. The van der Waals surface area contributed by atoms with Crippen molar-refractivity contribution >= 4 is 27.4 Å². The molecule has 74 valence electrons. The highest BCUT2D eigenvalue weighted by Crippen LogP contribution is 2.27. The van der Waals surface area contributed by atoms with Crippen molar-refractivity contribution in [2.45, 2.75) is 33.6 Å². The van der Waals surface area contributed by atoms with Crippen LogP contribution in [-0.4, -0.2) is 8.53 Å². The van der Waals surface area contributed by atoms with Crippen molar-refractivity contribution in [3.63, 3.8) is 0 Å². The Morgan fingerprint density at radius 1 is 1.46 bits per heavy atom. The lowest BCUT2D eigenvalue weighted by Gasteiger charge is -2.15. The molecule has 1 heteroatoms. The first-order valence-corrected chi connectivity index (χ1v) is 8.89. The molecule has 0 aromatic carbocycles. The zero-order chi connectivity index (χ0) is 9.84. The first-order chi connectivity index (χ1) is 6.15. The quantitative estimate of drug-likeness (QED) is 0.689. The molecule has 0 spiro atoms. The number of rotatable bonds is 3. The maximum absolute atomic E-state index is 4.20.